The fourth-order valence-corrected chi connectivity index (χ4v) is 5.88. The van der Waals surface area contributed by atoms with E-state index in [2.05, 4.69) is 11.3 Å². The van der Waals surface area contributed by atoms with Gasteiger partial charge in [0.05, 0.1) is 5.69 Å². The number of benzene rings is 1. The molecule has 0 bridgehead atoms. The molecule has 1 aromatic rings. The second-order valence-corrected chi connectivity index (χ2v) is 8.68. The van der Waals surface area contributed by atoms with E-state index < -0.39 is 10.5 Å². The molecule has 0 aliphatic heterocycles. The molecule has 0 heterocycles. The maximum absolute atomic E-state index is 12.7. The summed E-state index contributed by atoms with van der Waals surface area (Å²) < 4.78 is 39.0. The van der Waals surface area contributed by atoms with Crippen LogP contribution < -0.4 is 0 Å². The number of aryl methyl sites for hydroxylation is 1. The van der Waals surface area contributed by atoms with E-state index in [-0.39, 0.29) is 11.1 Å². The van der Waals surface area contributed by atoms with E-state index in [1.807, 2.05) is 6.07 Å². The molecule has 4 rings (SSSR count). The topological polar surface area (TPSA) is 46.5 Å². The van der Waals surface area contributed by atoms with E-state index in [0.717, 1.165) is 37.7 Å². The van der Waals surface area contributed by atoms with Gasteiger partial charge in [-0.2, -0.15) is 4.21 Å². The van der Waals surface area contributed by atoms with Crippen LogP contribution in [0.2, 0.25) is 0 Å². The lowest BCUT2D eigenvalue weighted by atomic mass is 9.55. The molecule has 6 heteroatoms. The van der Waals surface area contributed by atoms with Crippen molar-refractivity contribution in [3.05, 3.63) is 29.3 Å². The molecule has 0 amide bonds. The van der Waals surface area contributed by atoms with E-state index in [1.165, 1.54) is 5.56 Å². The van der Waals surface area contributed by atoms with Crippen LogP contribution in [-0.4, -0.2) is 9.99 Å². The predicted octanol–water partition coefficient (Wildman–Crippen LogP) is 4.98. The monoisotopic (exact) mass is 353 g/mol. The number of carbonyl (C=O) groups excluding carboxylic acids is 1. The van der Waals surface area contributed by atoms with Gasteiger partial charge in [-0.25, -0.2) is 0 Å². The Morgan fingerprint density at radius 1 is 1.21 bits per heavy atom. The Morgan fingerprint density at radius 2 is 2.00 bits per heavy atom. The van der Waals surface area contributed by atoms with Crippen molar-refractivity contribution in [1.29, 1.82) is 0 Å². The maximum Gasteiger partial charge on any atom is 0.371 e. The zero-order valence-corrected chi connectivity index (χ0v) is 14.5. The summed E-state index contributed by atoms with van der Waals surface area (Å²) in [5.41, 5.74) is 2.21. The van der Waals surface area contributed by atoms with Gasteiger partial charge in [0.2, 0.25) is 0 Å². The summed E-state index contributed by atoms with van der Waals surface area (Å²) in [5, 5.41) is 0. The van der Waals surface area contributed by atoms with Gasteiger partial charge < -0.3 is 0 Å². The first-order chi connectivity index (χ1) is 11.3. The van der Waals surface area contributed by atoms with E-state index in [0.29, 0.717) is 30.0 Å². The molecule has 4 atom stereocenters. The molecule has 1 unspecified atom stereocenters. The molecule has 1 aromatic carbocycles. The van der Waals surface area contributed by atoms with Crippen molar-refractivity contribution in [2.45, 2.75) is 51.4 Å². The molecule has 0 spiro atoms. The second-order valence-electron chi connectivity index (χ2n) is 7.70. The largest absolute Gasteiger partial charge is 0.371 e. The molecule has 3 aliphatic rings. The van der Waals surface area contributed by atoms with Crippen LogP contribution in [0.1, 0.15) is 56.1 Å². The second kappa shape index (κ2) is 5.35. The number of fused-ring (bicyclic) bond motifs is 5. The average molecular weight is 353 g/mol. The molecule has 2 fully saturated rings. The van der Waals surface area contributed by atoms with E-state index in [1.54, 1.807) is 12.1 Å². The number of hydrogen-bond donors (Lipinski definition) is 0. The highest BCUT2D eigenvalue weighted by Gasteiger charge is 2.54. The number of rotatable bonds is 1. The number of Topliss-reactive ketones (excluding diaryl/α,β-unsaturated/α-hetero) is 1. The van der Waals surface area contributed by atoms with Gasteiger partial charge in [0.1, 0.15) is 5.78 Å². The molecular weight excluding hydrogens is 332 g/mol. The zero-order chi connectivity index (χ0) is 17.1. The lowest BCUT2D eigenvalue weighted by Crippen LogP contribution is -2.42. The van der Waals surface area contributed by atoms with Crippen molar-refractivity contribution in [2.24, 2.45) is 21.6 Å². The zero-order valence-electron chi connectivity index (χ0n) is 13.6. The average Bonchev–Trinajstić information content (AvgIpc) is 2.81. The highest BCUT2D eigenvalue weighted by molar-refractivity contribution is 7.83. The first-order valence-corrected chi connectivity index (χ1v) is 9.92. The molecule has 0 aromatic heterocycles. The number of nitrogens with zero attached hydrogens (tertiary/aromatic N) is 1. The number of halogens is 2. The van der Waals surface area contributed by atoms with Crippen molar-refractivity contribution in [3.63, 3.8) is 0 Å². The van der Waals surface area contributed by atoms with Gasteiger partial charge in [0, 0.05) is 11.8 Å². The Balaban J connectivity index is 1.69. The third kappa shape index (κ3) is 2.50. The van der Waals surface area contributed by atoms with Crippen LogP contribution in [0.5, 0.6) is 0 Å². The third-order valence-electron chi connectivity index (χ3n) is 6.63. The first-order valence-electron chi connectivity index (χ1n) is 8.60. The molecule has 3 nitrogen and oxygen atoms in total. The van der Waals surface area contributed by atoms with Crippen molar-refractivity contribution in [2.75, 3.05) is 0 Å². The van der Waals surface area contributed by atoms with Crippen molar-refractivity contribution in [1.82, 2.24) is 0 Å². The minimum atomic E-state index is -5.12. The van der Waals surface area contributed by atoms with Crippen LogP contribution in [0.4, 0.5) is 13.5 Å². The molecule has 0 radical (unpaired) electrons. The quantitative estimate of drug-likeness (QED) is 0.669. The van der Waals surface area contributed by atoms with E-state index >= 15 is 0 Å². The minimum Gasteiger partial charge on any atom is -0.299 e. The predicted molar refractivity (Wildman–Crippen MR) is 88.5 cm³/mol. The number of ketones is 1. The smallest absolute Gasteiger partial charge is 0.299 e. The fourth-order valence-electron chi connectivity index (χ4n) is 5.52. The van der Waals surface area contributed by atoms with Crippen LogP contribution >= 0.6 is 0 Å². The van der Waals surface area contributed by atoms with E-state index in [4.69, 9.17) is 0 Å². The van der Waals surface area contributed by atoms with Crippen LogP contribution in [0.25, 0.3) is 0 Å². The summed E-state index contributed by atoms with van der Waals surface area (Å²) in [6.07, 6.45) is 5.42. The Kier molecular flexibility index (Phi) is 3.61. The highest BCUT2D eigenvalue weighted by atomic mass is 32.3. The molecule has 0 N–H and O–H groups in total. The van der Waals surface area contributed by atoms with Gasteiger partial charge in [-0.15, -0.1) is 4.36 Å². The molecular formula is C18H21F2NO2S. The fraction of sp³-hybridized carbons (Fsp3) is 0.611. The van der Waals surface area contributed by atoms with Crippen LogP contribution in [-0.2, 0) is 21.7 Å². The molecule has 130 valence electrons. The van der Waals surface area contributed by atoms with Crippen LogP contribution in [0, 0.1) is 17.3 Å². The van der Waals surface area contributed by atoms with Crippen molar-refractivity contribution < 1.29 is 16.8 Å². The minimum absolute atomic E-state index is 0.0962. The lowest BCUT2D eigenvalue weighted by molar-refractivity contribution is -0.129. The summed E-state index contributed by atoms with van der Waals surface area (Å²) in [7, 11) is -5.12. The summed E-state index contributed by atoms with van der Waals surface area (Å²) in [4.78, 5) is 12.3. The number of carbonyl (C=O) groups is 1. The standard InChI is InChI=1S/C18H21F2NO2S/c1-18-9-8-14-13-5-3-12(21-24(19,20)23)10-11(13)2-4-15(14)16(18)6-7-17(18)22/h3,5,10,14-16H,2,4,6-9H2,1H3/t14-,15-,16?,18+/m1/s1. The van der Waals surface area contributed by atoms with Gasteiger partial charge in [-0.1, -0.05) is 20.8 Å². The van der Waals surface area contributed by atoms with Gasteiger partial charge in [-0.05, 0) is 73.1 Å². The molecule has 0 saturated heterocycles. The summed E-state index contributed by atoms with van der Waals surface area (Å²) in [6.45, 7) is 2.14. The first kappa shape index (κ1) is 16.2. The summed E-state index contributed by atoms with van der Waals surface area (Å²) >= 11 is 0. The van der Waals surface area contributed by atoms with Crippen LogP contribution in [0.15, 0.2) is 22.6 Å². The van der Waals surface area contributed by atoms with Gasteiger partial charge in [0.25, 0.3) is 0 Å². The summed E-state index contributed by atoms with van der Waals surface area (Å²) in [5.74, 6) is 1.80. The Bertz CT molecular complexity index is 822. The molecule has 3 aliphatic carbocycles. The lowest BCUT2D eigenvalue weighted by Gasteiger charge is -2.48. The van der Waals surface area contributed by atoms with Crippen molar-refractivity contribution in [3.8, 4) is 0 Å². The normalized spacial score (nSPS) is 35.1. The van der Waals surface area contributed by atoms with E-state index in [9.17, 15) is 16.8 Å². The highest BCUT2D eigenvalue weighted by Crippen LogP contribution is 2.59. The van der Waals surface area contributed by atoms with Crippen molar-refractivity contribution >= 4 is 22.0 Å². The number of hydrogen-bond acceptors (Lipinski definition) is 3. The molecule has 24 heavy (non-hydrogen) atoms. The molecule has 2 saturated carbocycles. The maximum atomic E-state index is 12.7. The Hall–Kier alpha value is -1.30. The summed E-state index contributed by atoms with van der Waals surface area (Å²) in [6, 6.07) is 5.10. The van der Waals surface area contributed by atoms with Gasteiger partial charge >= 0.3 is 10.5 Å². The SMILES string of the molecule is C[C@]12CC[C@@H]3c4ccc(N=S(=O)(F)F)cc4CC[C@H]3C1CCC2=O. The third-order valence-corrected chi connectivity index (χ3v) is 7.05. The van der Waals surface area contributed by atoms with Gasteiger partial charge in [-0.3, -0.25) is 4.79 Å². The van der Waals surface area contributed by atoms with Gasteiger partial charge in [0.15, 0.2) is 0 Å². The van der Waals surface area contributed by atoms with Crippen LogP contribution in [0.3, 0.4) is 0 Å². The Morgan fingerprint density at radius 3 is 2.75 bits per heavy atom. The Labute approximate surface area is 141 Å².